The molecule has 1 N–H and O–H groups in total. The molecule has 1 heterocycles. The molecule has 0 radical (unpaired) electrons. The highest BCUT2D eigenvalue weighted by Crippen LogP contribution is 2.17. The third-order valence-electron chi connectivity index (χ3n) is 4.58. The van der Waals surface area contributed by atoms with Gasteiger partial charge in [0.1, 0.15) is 5.82 Å². The maximum Gasteiger partial charge on any atom is 0.269 e. The Morgan fingerprint density at radius 2 is 1.74 bits per heavy atom. The van der Waals surface area contributed by atoms with E-state index >= 15 is 0 Å². The molecule has 8 heteroatoms. The quantitative estimate of drug-likeness (QED) is 0.387. The molecule has 1 fully saturated rings. The Bertz CT molecular complexity index is 800. The minimum Gasteiger partial charge on any atom is -0.368 e. The van der Waals surface area contributed by atoms with Gasteiger partial charge in [0.05, 0.1) is 4.92 Å². The molecule has 1 aliphatic heterocycles. The van der Waals surface area contributed by atoms with Gasteiger partial charge >= 0.3 is 0 Å². The van der Waals surface area contributed by atoms with Gasteiger partial charge in [-0.05, 0) is 29.8 Å². The Balaban J connectivity index is 1.53. The van der Waals surface area contributed by atoms with Crippen LogP contribution in [-0.2, 0) is 6.54 Å². The minimum absolute atomic E-state index is 0.0834. The number of rotatable bonds is 4. The lowest BCUT2D eigenvalue weighted by atomic mass is 10.2. The summed E-state index contributed by atoms with van der Waals surface area (Å²) in [6.45, 7) is 3.80. The third kappa shape index (κ3) is 4.72. The van der Waals surface area contributed by atoms with Crippen molar-refractivity contribution < 1.29 is 9.31 Å². The lowest BCUT2D eigenvalue weighted by Gasteiger charge is -2.37. The molecule has 142 valence electrons. The number of halogens is 1. The second kappa shape index (κ2) is 8.48. The van der Waals surface area contributed by atoms with E-state index in [1.807, 2.05) is 0 Å². The van der Waals surface area contributed by atoms with E-state index < -0.39 is 4.92 Å². The molecule has 2 aromatic carbocycles. The zero-order valence-electron chi connectivity index (χ0n) is 15.1. The highest BCUT2D eigenvalue weighted by molar-refractivity contribution is 5.80. The number of nitro groups is 1. The predicted molar refractivity (Wildman–Crippen MR) is 103 cm³/mol. The van der Waals surface area contributed by atoms with Gasteiger partial charge in [0.15, 0.2) is 5.96 Å². The van der Waals surface area contributed by atoms with Gasteiger partial charge in [0, 0.05) is 57.6 Å². The van der Waals surface area contributed by atoms with Gasteiger partial charge in [-0.25, -0.2) is 4.39 Å². The van der Waals surface area contributed by atoms with Crippen molar-refractivity contribution in [2.75, 3.05) is 38.1 Å². The molecule has 7 nitrogen and oxygen atoms in total. The summed E-state index contributed by atoms with van der Waals surface area (Å²) in [6, 6.07) is 13.0. The number of nitrogens with one attached hydrogen (secondary N) is 1. The number of guanidine groups is 1. The van der Waals surface area contributed by atoms with E-state index in [-0.39, 0.29) is 11.5 Å². The summed E-state index contributed by atoms with van der Waals surface area (Å²) in [7, 11) is 1.74. The van der Waals surface area contributed by atoms with Crippen LogP contribution in [0.5, 0.6) is 0 Å². The number of hydrogen-bond donors (Lipinski definition) is 1. The van der Waals surface area contributed by atoms with Crippen molar-refractivity contribution in [2.24, 2.45) is 4.99 Å². The second-order valence-electron chi connectivity index (χ2n) is 6.27. The fraction of sp³-hybridized carbons (Fsp3) is 0.316. The first kappa shape index (κ1) is 18.6. The molecule has 0 saturated carbocycles. The zero-order valence-corrected chi connectivity index (χ0v) is 15.1. The number of nitrogens with zero attached hydrogens (tertiary/aromatic N) is 4. The average molecular weight is 371 g/mol. The van der Waals surface area contributed by atoms with E-state index in [1.54, 1.807) is 31.3 Å². The minimum atomic E-state index is -0.406. The first-order chi connectivity index (χ1) is 13.1. The molecule has 0 spiro atoms. The van der Waals surface area contributed by atoms with Crippen LogP contribution in [0.25, 0.3) is 0 Å². The van der Waals surface area contributed by atoms with Gasteiger partial charge < -0.3 is 15.1 Å². The Morgan fingerprint density at radius 3 is 2.30 bits per heavy atom. The lowest BCUT2D eigenvalue weighted by Crippen LogP contribution is -2.52. The van der Waals surface area contributed by atoms with Gasteiger partial charge in [-0.15, -0.1) is 0 Å². The van der Waals surface area contributed by atoms with E-state index in [2.05, 4.69) is 20.1 Å². The largest absolute Gasteiger partial charge is 0.368 e. The summed E-state index contributed by atoms with van der Waals surface area (Å²) in [5.74, 6) is 0.570. The second-order valence-corrected chi connectivity index (χ2v) is 6.27. The van der Waals surface area contributed by atoms with Crippen molar-refractivity contribution in [1.29, 1.82) is 0 Å². The molecule has 0 amide bonds. The number of piperazine rings is 1. The number of anilines is 1. The van der Waals surface area contributed by atoms with Crippen LogP contribution >= 0.6 is 0 Å². The Morgan fingerprint density at radius 1 is 1.11 bits per heavy atom. The molecule has 0 bridgehead atoms. The van der Waals surface area contributed by atoms with Gasteiger partial charge in [-0.2, -0.15) is 0 Å². The third-order valence-corrected chi connectivity index (χ3v) is 4.58. The van der Waals surface area contributed by atoms with Crippen LogP contribution < -0.4 is 10.2 Å². The van der Waals surface area contributed by atoms with E-state index in [1.165, 1.54) is 24.3 Å². The highest BCUT2D eigenvalue weighted by atomic mass is 19.1. The number of aliphatic imine (C=N–C) groups is 1. The normalized spacial score (nSPS) is 15.0. The monoisotopic (exact) mass is 371 g/mol. The van der Waals surface area contributed by atoms with Crippen molar-refractivity contribution in [3.05, 3.63) is 70.0 Å². The van der Waals surface area contributed by atoms with Crippen LogP contribution in [-0.4, -0.2) is 49.0 Å². The van der Waals surface area contributed by atoms with Gasteiger partial charge in [-0.1, -0.05) is 12.1 Å². The van der Waals surface area contributed by atoms with Crippen LogP contribution in [0.3, 0.4) is 0 Å². The molecule has 3 rings (SSSR count). The van der Waals surface area contributed by atoms with Gasteiger partial charge in [-0.3, -0.25) is 15.1 Å². The Hall–Kier alpha value is -3.16. The summed E-state index contributed by atoms with van der Waals surface area (Å²) in [5.41, 5.74) is 2.05. The summed E-state index contributed by atoms with van der Waals surface area (Å²) in [4.78, 5) is 19.0. The molecule has 0 atom stereocenters. The van der Waals surface area contributed by atoms with E-state index in [0.29, 0.717) is 6.54 Å². The van der Waals surface area contributed by atoms with Crippen molar-refractivity contribution >= 4 is 17.3 Å². The van der Waals surface area contributed by atoms with E-state index in [4.69, 9.17) is 0 Å². The molecule has 0 aliphatic carbocycles. The summed E-state index contributed by atoms with van der Waals surface area (Å²) >= 11 is 0. The van der Waals surface area contributed by atoms with Gasteiger partial charge in [0.2, 0.25) is 0 Å². The van der Waals surface area contributed by atoms with Crippen molar-refractivity contribution in [1.82, 2.24) is 10.2 Å². The molecule has 0 aromatic heterocycles. The first-order valence-electron chi connectivity index (χ1n) is 8.76. The lowest BCUT2D eigenvalue weighted by molar-refractivity contribution is -0.384. The number of hydrogen-bond acceptors (Lipinski definition) is 4. The maximum absolute atomic E-state index is 13.1. The topological polar surface area (TPSA) is 74.0 Å². The standard InChI is InChI=1S/C19H22FN5O2/c1-21-19(22-14-15-2-6-18(7-3-15)25(26)27)24-12-10-23(11-13-24)17-8-4-16(20)5-9-17/h2-9H,10-14H2,1H3,(H,21,22). The summed E-state index contributed by atoms with van der Waals surface area (Å²) in [5, 5.41) is 14.0. The predicted octanol–water partition coefficient (Wildman–Crippen LogP) is 2.63. The number of benzene rings is 2. The molecule has 2 aromatic rings. The van der Waals surface area contributed by atoms with Crippen LogP contribution in [0.15, 0.2) is 53.5 Å². The number of non-ortho nitro benzene ring substituents is 1. The molecule has 1 saturated heterocycles. The molecule has 27 heavy (non-hydrogen) atoms. The van der Waals surface area contributed by atoms with Crippen molar-refractivity contribution in [2.45, 2.75) is 6.54 Å². The average Bonchev–Trinajstić information content (AvgIpc) is 2.70. The maximum atomic E-state index is 13.1. The van der Waals surface area contributed by atoms with Crippen LogP contribution in [0, 0.1) is 15.9 Å². The fourth-order valence-corrected chi connectivity index (χ4v) is 3.08. The number of nitro benzene ring substituents is 1. The molecule has 1 aliphatic rings. The highest BCUT2D eigenvalue weighted by Gasteiger charge is 2.19. The zero-order chi connectivity index (χ0) is 19.2. The fourth-order valence-electron chi connectivity index (χ4n) is 3.08. The Kier molecular flexibility index (Phi) is 5.85. The van der Waals surface area contributed by atoms with Crippen LogP contribution in [0.4, 0.5) is 15.8 Å². The molecular weight excluding hydrogens is 349 g/mol. The van der Waals surface area contributed by atoms with Gasteiger partial charge in [0.25, 0.3) is 5.69 Å². The van der Waals surface area contributed by atoms with E-state index in [0.717, 1.165) is 43.4 Å². The first-order valence-corrected chi connectivity index (χ1v) is 8.76. The van der Waals surface area contributed by atoms with Crippen LogP contribution in [0.1, 0.15) is 5.56 Å². The van der Waals surface area contributed by atoms with Crippen molar-refractivity contribution in [3.63, 3.8) is 0 Å². The summed E-state index contributed by atoms with van der Waals surface area (Å²) in [6.07, 6.45) is 0. The van der Waals surface area contributed by atoms with Crippen LogP contribution in [0.2, 0.25) is 0 Å². The molecular formula is C19H22FN5O2. The Labute approximate surface area is 157 Å². The SMILES string of the molecule is CN=C(NCc1ccc([N+](=O)[O-])cc1)N1CCN(c2ccc(F)cc2)CC1. The summed E-state index contributed by atoms with van der Waals surface area (Å²) < 4.78 is 13.1. The smallest absolute Gasteiger partial charge is 0.269 e. The van der Waals surface area contributed by atoms with E-state index in [9.17, 15) is 14.5 Å². The van der Waals surface area contributed by atoms with Crippen molar-refractivity contribution in [3.8, 4) is 0 Å². The molecule has 0 unspecified atom stereocenters.